The molecular weight excluding hydrogens is 156 g/mol. The second-order valence-electron chi connectivity index (χ2n) is 2.77. The number of hydrogen-bond acceptors (Lipinski definition) is 3. The molecule has 0 radical (unpaired) electrons. The number of rotatable bonds is 0. The van der Waals surface area contributed by atoms with Crippen LogP contribution in [0.25, 0.3) is 0 Å². The first kappa shape index (κ1) is 6.98. The molecule has 0 aromatic carbocycles. The number of aryl methyl sites for hydroxylation is 1. The van der Waals surface area contributed by atoms with Crippen molar-refractivity contribution in [2.45, 2.75) is 24.2 Å². The van der Waals surface area contributed by atoms with E-state index in [0.717, 1.165) is 5.03 Å². The molecule has 1 aromatic rings. The molecule has 1 atom stereocenters. The maximum absolute atomic E-state index is 4.31. The number of nitrogens with zero attached hydrogens (tertiary/aromatic N) is 1. The van der Waals surface area contributed by atoms with Crippen LogP contribution >= 0.6 is 11.8 Å². The Balaban J connectivity index is 2.43. The van der Waals surface area contributed by atoms with E-state index in [1.54, 1.807) is 11.8 Å². The van der Waals surface area contributed by atoms with Gasteiger partial charge in [-0.05, 0) is 25.5 Å². The average molecular weight is 166 g/mol. The zero-order valence-corrected chi connectivity index (χ0v) is 7.40. The van der Waals surface area contributed by atoms with Crippen LogP contribution in [0.15, 0.2) is 17.3 Å². The zero-order chi connectivity index (χ0) is 7.84. The molecule has 0 aliphatic carbocycles. The van der Waals surface area contributed by atoms with Crippen molar-refractivity contribution in [2.75, 3.05) is 5.32 Å². The summed E-state index contributed by atoms with van der Waals surface area (Å²) in [6.07, 6.45) is 1.91. The van der Waals surface area contributed by atoms with Crippen LogP contribution in [0.1, 0.15) is 12.5 Å². The molecule has 1 N–H and O–H groups in total. The third-order valence-corrected chi connectivity index (χ3v) is 2.66. The van der Waals surface area contributed by atoms with E-state index >= 15 is 0 Å². The van der Waals surface area contributed by atoms with Crippen molar-refractivity contribution in [3.8, 4) is 0 Å². The SMILES string of the molecule is Cc1cnc2c(c1)NC(C)S2. The molecule has 0 fully saturated rings. The van der Waals surface area contributed by atoms with Crippen LogP contribution in [-0.4, -0.2) is 10.4 Å². The smallest absolute Gasteiger partial charge is 0.121 e. The Morgan fingerprint density at radius 3 is 3.27 bits per heavy atom. The summed E-state index contributed by atoms with van der Waals surface area (Å²) in [5.74, 6) is 0. The fraction of sp³-hybridized carbons (Fsp3) is 0.375. The van der Waals surface area contributed by atoms with E-state index in [2.05, 4.69) is 30.2 Å². The molecule has 1 aliphatic heterocycles. The molecule has 0 saturated heterocycles. The number of pyridine rings is 1. The van der Waals surface area contributed by atoms with E-state index in [1.807, 2.05) is 6.20 Å². The fourth-order valence-electron chi connectivity index (χ4n) is 1.17. The molecule has 2 heterocycles. The Bertz CT molecular complexity index is 285. The molecule has 0 bridgehead atoms. The zero-order valence-electron chi connectivity index (χ0n) is 6.59. The number of anilines is 1. The van der Waals surface area contributed by atoms with Crippen molar-refractivity contribution in [3.63, 3.8) is 0 Å². The van der Waals surface area contributed by atoms with Gasteiger partial charge in [0.2, 0.25) is 0 Å². The van der Waals surface area contributed by atoms with Gasteiger partial charge in [0.1, 0.15) is 5.03 Å². The standard InChI is InChI=1S/C8H10N2S/c1-5-3-7-8(9-4-5)11-6(2)10-7/h3-4,6,10H,1-2H3. The van der Waals surface area contributed by atoms with E-state index in [-0.39, 0.29) is 0 Å². The minimum atomic E-state index is 0.472. The van der Waals surface area contributed by atoms with Gasteiger partial charge in [0.15, 0.2) is 0 Å². The van der Waals surface area contributed by atoms with Gasteiger partial charge in [0.05, 0.1) is 11.1 Å². The molecule has 1 aromatic heterocycles. The molecule has 3 heteroatoms. The monoisotopic (exact) mass is 166 g/mol. The third-order valence-electron chi connectivity index (χ3n) is 1.64. The summed E-state index contributed by atoms with van der Waals surface area (Å²) in [4.78, 5) is 4.31. The van der Waals surface area contributed by atoms with Crippen LogP contribution in [0.3, 0.4) is 0 Å². The summed E-state index contributed by atoms with van der Waals surface area (Å²) in [6.45, 7) is 4.20. The Labute approximate surface area is 70.4 Å². The maximum Gasteiger partial charge on any atom is 0.121 e. The topological polar surface area (TPSA) is 24.9 Å². The Kier molecular flexibility index (Phi) is 1.53. The normalized spacial score (nSPS) is 21.1. The molecular formula is C8H10N2S. The van der Waals surface area contributed by atoms with Crippen LogP contribution < -0.4 is 5.32 Å². The number of nitrogens with one attached hydrogen (secondary N) is 1. The number of thioether (sulfide) groups is 1. The van der Waals surface area contributed by atoms with Crippen molar-refractivity contribution >= 4 is 17.4 Å². The molecule has 11 heavy (non-hydrogen) atoms. The van der Waals surface area contributed by atoms with E-state index < -0.39 is 0 Å². The van der Waals surface area contributed by atoms with Gasteiger partial charge in [-0.2, -0.15) is 0 Å². The van der Waals surface area contributed by atoms with Gasteiger partial charge in [-0.25, -0.2) is 4.98 Å². The Morgan fingerprint density at radius 1 is 1.64 bits per heavy atom. The molecule has 2 nitrogen and oxygen atoms in total. The maximum atomic E-state index is 4.31. The first-order valence-corrected chi connectivity index (χ1v) is 4.53. The minimum Gasteiger partial charge on any atom is -0.371 e. The van der Waals surface area contributed by atoms with Gasteiger partial charge >= 0.3 is 0 Å². The molecule has 0 amide bonds. The summed E-state index contributed by atoms with van der Waals surface area (Å²) < 4.78 is 0. The highest BCUT2D eigenvalue weighted by Gasteiger charge is 2.17. The quantitative estimate of drug-likeness (QED) is 0.640. The first-order chi connectivity index (χ1) is 5.25. The van der Waals surface area contributed by atoms with Gasteiger partial charge in [-0.15, -0.1) is 0 Å². The van der Waals surface area contributed by atoms with Gasteiger partial charge in [-0.3, -0.25) is 0 Å². The lowest BCUT2D eigenvalue weighted by atomic mass is 10.3. The van der Waals surface area contributed by atoms with Crippen LogP contribution in [-0.2, 0) is 0 Å². The van der Waals surface area contributed by atoms with Crippen molar-refractivity contribution in [3.05, 3.63) is 17.8 Å². The lowest BCUT2D eigenvalue weighted by molar-refractivity contribution is 1.11. The Hall–Kier alpha value is -0.700. The molecule has 1 aliphatic rings. The lowest BCUT2D eigenvalue weighted by Crippen LogP contribution is -2.02. The lowest BCUT2D eigenvalue weighted by Gasteiger charge is -1.99. The van der Waals surface area contributed by atoms with Crippen LogP contribution in [0.4, 0.5) is 5.69 Å². The van der Waals surface area contributed by atoms with Gasteiger partial charge in [-0.1, -0.05) is 11.8 Å². The molecule has 0 spiro atoms. The van der Waals surface area contributed by atoms with E-state index in [0.29, 0.717) is 5.37 Å². The highest BCUT2D eigenvalue weighted by molar-refractivity contribution is 8.00. The van der Waals surface area contributed by atoms with Crippen LogP contribution in [0.5, 0.6) is 0 Å². The summed E-state index contributed by atoms with van der Waals surface area (Å²) in [5, 5.41) is 4.94. The van der Waals surface area contributed by atoms with Crippen LogP contribution in [0.2, 0.25) is 0 Å². The largest absolute Gasteiger partial charge is 0.371 e. The van der Waals surface area contributed by atoms with Crippen molar-refractivity contribution < 1.29 is 0 Å². The highest BCUT2D eigenvalue weighted by Crippen LogP contribution is 2.36. The summed E-state index contributed by atoms with van der Waals surface area (Å²) >= 11 is 1.78. The molecule has 58 valence electrons. The fourth-order valence-corrected chi connectivity index (χ4v) is 2.05. The van der Waals surface area contributed by atoms with Crippen LogP contribution in [0, 0.1) is 6.92 Å². The molecule has 2 rings (SSSR count). The first-order valence-electron chi connectivity index (χ1n) is 3.65. The van der Waals surface area contributed by atoms with E-state index in [1.165, 1.54) is 11.3 Å². The van der Waals surface area contributed by atoms with Crippen molar-refractivity contribution in [2.24, 2.45) is 0 Å². The number of hydrogen-bond donors (Lipinski definition) is 1. The van der Waals surface area contributed by atoms with Gasteiger partial charge in [0.25, 0.3) is 0 Å². The summed E-state index contributed by atoms with van der Waals surface area (Å²) in [6, 6.07) is 2.14. The van der Waals surface area contributed by atoms with E-state index in [9.17, 15) is 0 Å². The van der Waals surface area contributed by atoms with E-state index in [4.69, 9.17) is 0 Å². The third kappa shape index (κ3) is 1.20. The number of fused-ring (bicyclic) bond motifs is 1. The van der Waals surface area contributed by atoms with Gasteiger partial charge < -0.3 is 5.32 Å². The Morgan fingerprint density at radius 2 is 2.45 bits per heavy atom. The molecule has 1 unspecified atom stereocenters. The number of aromatic nitrogens is 1. The predicted molar refractivity (Wildman–Crippen MR) is 47.9 cm³/mol. The minimum absolute atomic E-state index is 0.472. The van der Waals surface area contributed by atoms with Crippen molar-refractivity contribution in [1.29, 1.82) is 0 Å². The summed E-state index contributed by atoms with van der Waals surface area (Å²) in [7, 11) is 0. The average Bonchev–Trinajstić information content (AvgIpc) is 2.27. The van der Waals surface area contributed by atoms with Gasteiger partial charge in [0, 0.05) is 6.20 Å². The van der Waals surface area contributed by atoms with Crippen molar-refractivity contribution in [1.82, 2.24) is 4.98 Å². The predicted octanol–water partition coefficient (Wildman–Crippen LogP) is 2.25. The second kappa shape index (κ2) is 2.41. The second-order valence-corrected chi connectivity index (χ2v) is 4.10. The highest BCUT2D eigenvalue weighted by atomic mass is 32.2. The summed E-state index contributed by atoms with van der Waals surface area (Å²) in [5.41, 5.74) is 2.40. The molecule has 0 saturated carbocycles.